The van der Waals surface area contributed by atoms with Crippen molar-refractivity contribution in [3.8, 4) is 0 Å². The number of carbonyl (C=O) groups excluding carboxylic acids is 2. The molecule has 88 valence electrons. The van der Waals surface area contributed by atoms with E-state index in [2.05, 4.69) is 19.8 Å². The van der Waals surface area contributed by atoms with Crippen LogP contribution in [0.2, 0.25) is 0 Å². The topological polar surface area (TPSA) is 77.5 Å². The number of esters is 1. The summed E-state index contributed by atoms with van der Waals surface area (Å²) >= 11 is 1.25. The molecule has 0 spiro atoms. The van der Waals surface area contributed by atoms with E-state index in [0.717, 1.165) is 0 Å². The lowest BCUT2D eigenvalue weighted by Gasteiger charge is -1.98. The molecule has 1 heterocycles. The van der Waals surface area contributed by atoms with Gasteiger partial charge in [-0.1, -0.05) is 0 Å². The number of methoxy groups -OCH3 is 2. The van der Waals surface area contributed by atoms with E-state index in [4.69, 9.17) is 0 Å². The third-order valence-electron chi connectivity index (χ3n) is 1.63. The molecule has 0 aliphatic rings. The van der Waals surface area contributed by atoms with Gasteiger partial charge in [-0.25, -0.2) is 4.98 Å². The highest BCUT2D eigenvalue weighted by Gasteiger charge is 2.09. The number of ether oxygens (including phenoxy) is 2. The number of hydrogen-bond donors (Lipinski definition) is 1. The number of nitrogens with one attached hydrogen (secondary N) is 1. The molecule has 16 heavy (non-hydrogen) atoms. The van der Waals surface area contributed by atoms with E-state index < -0.39 is 0 Å². The first-order valence-corrected chi connectivity index (χ1v) is 5.33. The molecule has 0 atom stereocenters. The summed E-state index contributed by atoms with van der Waals surface area (Å²) in [5.74, 6) is -0.637. The van der Waals surface area contributed by atoms with Crippen LogP contribution in [0.5, 0.6) is 0 Å². The molecule has 1 N–H and O–H groups in total. The smallest absolute Gasteiger partial charge is 0.311 e. The maximum atomic E-state index is 11.1. The summed E-state index contributed by atoms with van der Waals surface area (Å²) < 4.78 is 9.16. The van der Waals surface area contributed by atoms with E-state index in [0.29, 0.717) is 10.8 Å². The monoisotopic (exact) mass is 244 g/mol. The highest BCUT2D eigenvalue weighted by molar-refractivity contribution is 7.13. The number of hydrogen-bond acceptors (Lipinski definition) is 6. The number of thiazole rings is 1. The maximum absolute atomic E-state index is 11.1. The second kappa shape index (κ2) is 6.19. The first-order valence-electron chi connectivity index (χ1n) is 4.45. The van der Waals surface area contributed by atoms with E-state index in [9.17, 15) is 9.59 Å². The average Bonchev–Trinajstić information content (AvgIpc) is 2.65. The Labute approximate surface area is 96.6 Å². The summed E-state index contributed by atoms with van der Waals surface area (Å²) in [6.45, 7) is -0.0219. The molecule has 0 radical (unpaired) electrons. The van der Waals surface area contributed by atoms with Gasteiger partial charge in [-0.2, -0.15) is 0 Å². The first-order chi connectivity index (χ1) is 7.65. The number of amides is 1. The Morgan fingerprint density at radius 1 is 1.50 bits per heavy atom. The summed E-state index contributed by atoms with van der Waals surface area (Å²) in [7, 11) is 2.75. The highest BCUT2D eigenvalue weighted by atomic mass is 32.1. The standard InChI is InChI=1S/C9H12N2O4S/c1-14-4-7(12)11-9-10-6(5-16-9)3-8(13)15-2/h5H,3-4H2,1-2H3,(H,10,11,12). The van der Waals surface area contributed by atoms with E-state index >= 15 is 0 Å². The Bertz CT molecular complexity index is 377. The minimum Gasteiger partial charge on any atom is -0.469 e. The van der Waals surface area contributed by atoms with Crippen LogP contribution in [-0.2, 0) is 25.5 Å². The molecule has 1 amide bonds. The van der Waals surface area contributed by atoms with Crippen LogP contribution in [0.25, 0.3) is 0 Å². The Balaban J connectivity index is 2.51. The molecule has 1 aromatic heterocycles. The maximum Gasteiger partial charge on any atom is 0.311 e. The van der Waals surface area contributed by atoms with Gasteiger partial charge in [0.15, 0.2) is 5.13 Å². The molecule has 0 saturated carbocycles. The molecular weight excluding hydrogens is 232 g/mol. The van der Waals surface area contributed by atoms with Crippen LogP contribution >= 0.6 is 11.3 Å². The molecule has 0 aliphatic heterocycles. The van der Waals surface area contributed by atoms with Gasteiger partial charge < -0.3 is 9.47 Å². The van der Waals surface area contributed by atoms with E-state index in [1.807, 2.05) is 0 Å². The second-order valence-corrected chi connectivity index (χ2v) is 3.74. The number of aromatic nitrogens is 1. The lowest BCUT2D eigenvalue weighted by Crippen LogP contribution is -2.17. The van der Waals surface area contributed by atoms with Gasteiger partial charge >= 0.3 is 5.97 Å². The SMILES string of the molecule is COCC(=O)Nc1nc(CC(=O)OC)cs1. The first kappa shape index (κ1) is 12.6. The number of rotatable bonds is 5. The second-order valence-electron chi connectivity index (χ2n) is 2.88. The number of nitrogens with zero attached hydrogens (tertiary/aromatic N) is 1. The normalized spacial score (nSPS) is 9.88. The Hall–Kier alpha value is -1.47. The number of carbonyl (C=O) groups is 2. The minimum absolute atomic E-state index is 0.0219. The molecule has 0 saturated heterocycles. The molecule has 0 bridgehead atoms. The van der Waals surface area contributed by atoms with Gasteiger partial charge in [0, 0.05) is 12.5 Å². The highest BCUT2D eigenvalue weighted by Crippen LogP contribution is 2.15. The zero-order valence-electron chi connectivity index (χ0n) is 8.98. The van der Waals surface area contributed by atoms with Gasteiger partial charge in [-0.15, -0.1) is 11.3 Å². The van der Waals surface area contributed by atoms with Crippen LogP contribution in [0.3, 0.4) is 0 Å². The van der Waals surface area contributed by atoms with Crippen LogP contribution in [0.4, 0.5) is 5.13 Å². The van der Waals surface area contributed by atoms with Gasteiger partial charge in [-0.3, -0.25) is 14.9 Å². The lowest BCUT2D eigenvalue weighted by atomic mass is 10.3. The van der Waals surface area contributed by atoms with Crippen molar-refractivity contribution < 1.29 is 19.1 Å². The summed E-state index contributed by atoms with van der Waals surface area (Å²) in [6, 6.07) is 0. The number of anilines is 1. The fourth-order valence-electron chi connectivity index (χ4n) is 0.952. The molecule has 6 nitrogen and oxygen atoms in total. The molecule has 0 fully saturated rings. The van der Waals surface area contributed by atoms with Crippen molar-refractivity contribution in [1.82, 2.24) is 4.98 Å². The van der Waals surface area contributed by atoms with Crippen LogP contribution in [-0.4, -0.2) is 37.7 Å². The zero-order valence-corrected chi connectivity index (χ0v) is 9.80. The third kappa shape index (κ3) is 3.95. The fourth-order valence-corrected chi connectivity index (χ4v) is 1.68. The summed E-state index contributed by atoms with van der Waals surface area (Å²) in [5, 5.41) is 4.68. The van der Waals surface area contributed by atoms with Crippen molar-refractivity contribution in [2.45, 2.75) is 6.42 Å². The largest absolute Gasteiger partial charge is 0.469 e. The van der Waals surface area contributed by atoms with Crippen LogP contribution in [0.15, 0.2) is 5.38 Å². The van der Waals surface area contributed by atoms with Gasteiger partial charge in [0.05, 0.1) is 19.2 Å². The fraction of sp³-hybridized carbons (Fsp3) is 0.444. The van der Waals surface area contributed by atoms with Gasteiger partial charge in [0.2, 0.25) is 0 Å². The molecule has 0 unspecified atom stereocenters. The van der Waals surface area contributed by atoms with Crippen LogP contribution < -0.4 is 5.32 Å². The lowest BCUT2D eigenvalue weighted by molar-refractivity contribution is -0.139. The summed E-state index contributed by atoms with van der Waals surface area (Å²) in [4.78, 5) is 26.1. The van der Waals surface area contributed by atoms with Crippen molar-refractivity contribution in [1.29, 1.82) is 0 Å². The molecule has 7 heteroatoms. The Morgan fingerprint density at radius 3 is 2.88 bits per heavy atom. The van der Waals surface area contributed by atoms with Crippen molar-refractivity contribution in [2.24, 2.45) is 0 Å². The van der Waals surface area contributed by atoms with Gasteiger partial charge in [0.1, 0.15) is 6.61 Å². The van der Waals surface area contributed by atoms with E-state index in [1.165, 1.54) is 25.6 Å². The third-order valence-corrected chi connectivity index (χ3v) is 2.43. The van der Waals surface area contributed by atoms with Gasteiger partial charge in [-0.05, 0) is 0 Å². The van der Waals surface area contributed by atoms with Crippen molar-refractivity contribution >= 4 is 28.3 Å². The Kier molecular flexibility index (Phi) is 4.87. The average molecular weight is 244 g/mol. The predicted molar refractivity (Wildman–Crippen MR) is 58.3 cm³/mol. The Morgan fingerprint density at radius 2 is 2.25 bits per heavy atom. The van der Waals surface area contributed by atoms with Crippen molar-refractivity contribution in [3.05, 3.63) is 11.1 Å². The van der Waals surface area contributed by atoms with Crippen molar-refractivity contribution in [3.63, 3.8) is 0 Å². The van der Waals surface area contributed by atoms with Crippen molar-refractivity contribution in [2.75, 3.05) is 26.1 Å². The predicted octanol–water partition coefficient (Wildman–Crippen LogP) is 0.443. The van der Waals surface area contributed by atoms with Crippen LogP contribution in [0, 0.1) is 0 Å². The molecule has 1 rings (SSSR count). The zero-order chi connectivity index (χ0) is 12.0. The van der Waals surface area contributed by atoms with Gasteiger partial charge in [0.25, 0.3) is 5.91 Å². The minimum atomic E-state index is -0.361. The van der Waals surface area contributed by atoms with E-state index in [-0.39, 0.29) is 24.9 Å². The molecule has 0 aliphatic carbocycles. The molecular formula is C9H12N2O4S. The molecule has 1 aromatic rings. The summed E-state index contributed by atoms with van der Waals surface area (Å²) in [5.41, 5.74) is 0.574. The molecule has 0 aromatic carbocycles. The summed E-state index contributed by atoms with van der Waals surface area (Å²) in [6.07, 6.45) is 0.104. The van der Waals surface area contributed by atoms with E-state index in [1.54, 1.807) is 5.38 Å². The van der Waals surface area contributed by atoms with Crippen LogP contribution in [0.1, 0.15) is 5.69 Å². The quantitative estimate of drug-likeness (QED) is 0.761.